The number of hydrogen-bond donors (Lipinski definition) is 1. The molecule has 0 radical (unpaired) electrons. The Hall–Kier alpha value is -1.14. The molecule has 120 valence electrons. The van der Waals surface area contributed by atoms with E-state index in [-0.39, 0.29) is 18.3 Å². The number of rotatable bonds is 7. The van der Waals surface area contributed by atoms with Crippen LogP contribution in [-0.2, 0) is 17.6 Å². The van der Waals surface area contributed by atoms with Gasteiger partial charge in [-0.3, -0.25) is 4.79 Å². The number of aryl methyl sites for hydroxylation is 2. The van der Waals surface area contributed by atoms with Crippen LogP contribution in [0.4, 0.5) is 0 Å². The fourth-order valence-electron chi connectivity index (χ4n) is 2.46. The highest BCUT2D eigenvalue weighted by Gasteiger charge is 2.22. The predicted octanol–water partition coefficient (Wildman–Crippen LogP) is 1.59. The molecule has 2 rings (SSSR count). The topological polar surface area (TPSA) is 71.3 Å². The third-order valence-corrected chi connectivity index (χ3v) is 3.74. The van der Waals surface area contributed by atoms with E-state index in [1.807, 2.05) is 11.9 Å². The highest BCUT2D eigenvalue weighted by atomic mass is 35.5. The fraction of sp³-hybridized carbons (Fsp3) is 0.786. The summed E-state index contributed by atoms with van der Waals surface area (Å²) in [4.78, 5) is 18.2. The van der Waals surface area contributed by atoms with Crippen molar-refractivity contribution in [3.05, 3.63) is 11.7 Å². The van der Waals surface area contributed by atoms with E-state index >= 15 is 0 Å². The summed E-state index contributed by atoms with van der Waals surface area (Å²) in [6.07, 6.45) is 4.89. The number of aromatic nitrogens is 2. The maximum atomic E-state index is 12.1. The van der Waals surface area contributed by atoms with Crippen molar-refractivity contribution in [2.24, 2.45) is 0 Å². The zero-order valence-electron chi connectivity index (χ0n) is 12.8. The Labute approximate surface area is 132 Å². The van der Waals surface area contributed by atoms with E-state index < -0.39 is 0 Å². The van der Waals surface area contributed by atoms with Gasteiger partial charge in [0.05, 0.1) is 0 Å². The fourth-order valence-corrected chi connectivity index (χ4v) is 2.46. The van der Waals surface area contributed by atoms with Gasteiger partial charge in [0, 0.05) is 38.9 Å². The van der Waals surface area contributed by atoms with Crippen molar-refractivity contribution in [2.45, 2.75) is 51.5 Å². The van der Waals surface area contributed by atoms with Gasteiger partial charge in [0.25, 0.3) is 0 Å². The molecule has 0 bridgehead atoms. The Morgan fingerprint density at radius 2 is 2.29 bits per heavy atom. The molecule has 1 N–H and O–H groups in total. The van der Waals surface area contributed by atoms with Crippen molar-refractivity contribution in [1.29, 1.82) is 0 Å². The largest absolute Gasteiger partial charge is 0.341 e. The van der Waals surface area contributed by atoms with Gasteiger partial charge in [-0.05, 0) is 25.8 Å². The maximum Gasteiger partial charge on any atom is 0.226 e. The average Bonchev–Trinajstić information content (AvgIpc) is 3.09. The Bertz CT molecular complexity index is 432. The van der Waals surface area contributed by atoms with Crippen LogP contribution in [0.5, 0.6) is 0 Å². The second kappa shape index (κ2) is 9.00. The summed E-state index contributed by atoms with van der Waals surface area (Å²) in [5.41, 5.74) is 0. The minimum atomic E-state index is 0. The lowest BCUT2D eigenvalue weighted by Gasteiger charge is -2.23. The number of nitrogens with zero attached hydrogens (tertiary/aromatic N) is 3. The van der Waals surface area contributed by atoms with Crippen molar-refractivity contribution in [3.8, 4) is 0 Å². The summed E-state index contributed by atoms with van der Waals surface area (Å²) in [7, 11) is 1.89. The van der Waals surface area contributed by atoms with Crippen molar-refractivity contribution in [1.82, 2.24) is 20.4 Å². The first-order chi connectivity index (χ1) is 9.70. The molecule has 1 aliphatic heterocycles. The minimum absolute atomic E-state index is 0. The summed E-state index contributed by atoms with van der Waals surface area (Å²) >= 11 is 0. The molecule has 0 aromatic carbocycles. The van der Waals surface area contributed by atoms with E-state index in [2.05, 4.69) is 22.4 Å². The second-order valence-electron chi connectivity index (χ2n) is 5.36. The zero-order valence-corrected chi connectivity index (χ0v) is 13.6. The summed E-state index contributed by atoms with van der Waals surface area (Å²) in [6, 6.07) is 0.349. The molecule has 21 heavy (non-hydrogen) atoms. The van der Waals surface area contributed by atoms with Crippen LogP contribution in [0.15, 0.2) is 4.52 Å². The lowest BCUT2D eigenvalue weighted by atomic mass is 10.2. The molecule has 1 unspecified atom stereocenters. The molecule has 1 aromatic heterocycles. The van der Waals surface area contributed by atoms with Gasteiger partial charge >= 0.3 is 0 Å². The van der Waals surface area contributed by atoms with Gasteiger partial charge in [-0.2, -0.15) is 4.98 Å². The molecule has 2 heterocycles. The average molecular weight is 317 g/mol. The molecule has 7 heteroatoms. The number of halogens is 1. The van der Waals surface area contributed by atoms with Crippen LogP contribution in [0.2, 0.25) is 0 Å². The van der Waals surface area contributed by atoms with Gasteiger partial charge in [0.2, 0.25) is 11.8 Å². The van der Waals surface area contributed by atoms with E-state index in [4.69, 9.17) is 4.52 Å². The van der Waals surface area contributed by atoms with Crippen LogP contribution >= 0.6 is 12.4 Å². The van der Waals surface area contributed by atoms with Crippen LogP contribution in [0, 0.1) is 0 Å². The summed E-state index contributed by atoms with van der Waals surface area (Å²) < 4.78 is 5.16. The molecule has 1 amide bonds. The molecule has 1 aliphatic rings. The first kappa shape index (κ1) is 17.9. The van der Waals surface area contributed by atoms with Crippen molar-refractivity contribution in [2.75, 3.05) is 20.1 Å². The Kier molecular flexibility index (Phi) is 7.67. The second-order valence-corrected chi connectivity index (χ2v) is 5.36. The van der Waals surface area contributed by atoms with Crippen LogP contribution in [0.1, 0.15) is 44.3 Å². The Balaban J connectivity index is 0.00000220. The normalized spacial score (nSPS) is 17.5. The summed E-state index contributed by atoms with van der Waals surface area (Å²) in [5.74, 6) is 1.61. The monoisotopic (exact) mass is 316 g/mol. The van der Waals surface area contributed by atoms with Crippen molar-refractivity contribution < 1.29 is 9.32 Å². The third kappa shape index (κ3) is 5.28. The molecule has 6 nitrogen and oxygen atoms in total. The van der Waals surface area contributed by atoms with Gasteiger partial charge in [0.1, 0.15) is 0 Å². The summed E-state index contributed by atoms with van der Waals surface area (Å²) in [5, 5.41) is 7.19. The quantitative estimate of drug-likeness (QED) is 0.827. The number of nitrogens with one attached hydrogen (secondary N) is 1. The lowest BCUT2D eigenvalue weighted by molar-refractivity contribution is -0.131. The molecular weight excluding hydrogens is 292 g/mol. The summed E-state index contributed by atoms with van der Waals surface area (Å²) in [6.45, 7) is 4.00. The van der Waals surface area contributed by atoms with Crippen molar-refractivity contribution >= 4 is 18.3 Å². The number of amides is 1. The Morgan fingerprint density at radius 1 is 1.48 bits per heavy atom. The predicted molar refractivity (Wildman–Crippen MR) is 82.5 cm³/mol. The van der Waals surface area contributed by atoms with Gasteiger partial charge in [-0.25, -0.2) is 0 Å². The maximum absolute atomic E-state index is 12.1. The van der Waals surface area contributed by atoms with Crippen LogP contribution in [0.25, 0.3) is 0 Å². The number of carbonyl (C=O) groups excluding carboxylic acids is 1. The first-order valence-electron chi connectivity index (χ1n) is 7.48. The van der Waals surface area contributed by atoms with Gasteiger partial charge in [-0.15, -0.1) is 12.4 Å². The van der Waals surface area contributed by atoms with Gasteiger partial charge in [-0.1, -0.05) is 12.1 Å². The van der Waals surface area contributed by atoms with Crippen LogP contribution in [-0.4, -0.2) is 47.1 Å². The number of hydrogen-bond acceptors (Lipinski definition) is 5. The van der Waals surface area contributed by atoms with E-state index in [0.717, 1.165) is 44.6 Å². The van der Waals surface area contributed by atoms with E-state index in [1.54, 1.807) is 0 Å². The highest BCUT2D eigenvalue weighted by molar-refractivity contribution is 5.85. The van der Waals surface area contributed by atoms with Crippen LogP contribution < -0.4 is 5.32 Å². The highest BCUT2D eigenvalue weighted by Crippen LogP contribution is 2.10. The zero-order chi connectivity index (χ0) is 14.4. The SMILES string of the molecule is CCCc1noc(CCCC(=O)N(C)C2CCNC2)n1.Cl. The Morgan fingerprint density at radius 3 is 2.95 bits per heavy atom. The number of carbonyl (C=O) groups is 1. The standard InChI is InChI=1S/C14H24N4O2.ClH/c1-3-5-12-16-13(20-17-12)6-4-7-14(19)18(2)11-8-9-15-10-11;/h11,15H,3-10H2,1-2H3;1H. The molecular formula is C14H25ClN4O2. The smallest absolute Gasteiger partial charge is 0.226 e. The van der Waals surface area contributed by atoms with E-state index in [1.165, 1.54) is 0 Å². The molecule has 0 aliphatic carbocycles. The van der Waals surface area contributed by atoms with E-state index in [0.29, 0.717) is 24.8 Å². The molecule has 1 saturated heterocycles. The molecule has 1 fully saturated rings. The van der Waals surface area contributed by atoms with Crippen molar-refractivity contribution in [3.63, 3.8) is 0 Å². The van der Waals surface area contributed by atoms with Gasteiger partial charge < -0.3 is 14.7 Å². The molecule has 1 atom stereocenters. The number of likely N-dealkylation sites (N-methyl/N-ethyl adjacent to an activating group) is 1. The molecule has 0 spiro atoms. The first-order valence-corrected chi connectivity index (χ1v) is 7.48. The lowest BCUT2D eigenvalue weighted by Crippen LogP contribution is -2.38. The van der Waals surface area contributed by atoms with Crippen LogP contribution in [0.3, 0.4) is 0 Å². The third-order valence-electron chi connectivity index (χ3n) is 3.74. The van der Waals surface area contributed by atoms with Gasteiger partial charge in [0.15, 0.2) is 5.82 Å². The minimum Gasteiger partial charge on any atom is -0.341 e. The van der Waals surface area contributed by atoms with E-state index in [9.17, 15) is 4.79 Å². The molecule has 0 saturated carbocycles. The molecule has 1 aromatic rings.